The van der Waals surface area contributed by atoms with E-state index in [4.69, 9.17) is 0 Å². The summed E-state index contributed by atoms with van der Waals surface area (Å²) in [6.45, 7) is 4.40. The summed E-state index contributed by atoms with van der Waals surface area (Å²) in [5, 5.41) is 2.73. The summed E-state index contributed by atoms with van der Waals surface area (Å²) in [6, 6.07) is 15.1. The third-order valence-electron chi connectivity index (χ3n) is 3.66. The molecular formula is C16H16N+. The van der Waals surface area contributed by atoms with Gasteiger partial charge in [-0.1, -0.05) is 24.3 Å². The predicted molar refractivity (Wildman–Crippen MR) is 72.1 cm³/mol. The first-order valence-corrected chi connectivity index (χ1v) is 5.97. The van der Waals surface area contributed by atoms with E-state index in [0.29, 0.717) is 0 Å². The molecule has 2 aromatic carbocycles. The van der Waals surface area contributed by atoms with Gasteiger partial charge in [0.25, 0.3) is 0 Å². The number of pyridine rings is 1. The van der Waals surface area contributed by atoms with Gasteiger partial charge in [0.15, 0.2) is 0 Å². The summed E-state index contributed by atoms with van der Waals surface area (Å²) in [5.41, 5.74) is 5.33. The highest BCUT2D eigenvalue weighted by Gasteiger charge is 2.15. The van der Waals surface area contributed by atoms with Crippen LogP contribution in [-0.4, -0.2) is 0 Å². The van der Waals surface area contributed by atoms with Crippen LogP contribution in [0.1, 0.15) is 11.1 Å². The van der Waals surface area contributed by atoms with Gasteiger partial charge in [-0.2, -0.15) is 4.57 Å². The minimum atomic E-state index is 1.29. The molecule has 0 spiro atoms. The minimum Gasteiger partial charge on any atom is -0.194 e. The molecule has 0 aliphatic carbocycles. The molecule has 0 atom stereocenters. The molecular weight excluding hydrogens is 206 g/mol. The van der Waals surface area contributed by atoms with Crippen LogP contribution in [-0.2, 0) is 7.05 Å². The van der Waals surface area contributed by atoms with Gasteiger partial charge in [0.05, 0.1) is 5.39 Å². The van der Waals surface area contributed by atoms with Crippen molar-refractivity contribution in [2.75, 3.05) is 0 Å². The third-order valence-corrected chi connectivity index (χ3v) is 3.66. The SMILES string of the molecule is Cc1cccc2c1c(C)c1ccccc1[n+]2C. The van der Waals surface area contributed by atoms with Gasteiger partial charge in [0.1, 0.15) is 7.05 Å². The number of aryl methyl sites for hydroxylation is 3. The van der Waals surface area contributed by atoms with Crippen molar-refractivity contribution < 1.29 is 4.57 Å². The zero-order valence-electron chi connectivity index (χ0n) is 10.5. The highest BCUT2D eigenvalue weighted by molar-refractivity contribution is 5.95. The van der Waals surface area contributed by atoms with E-state index in [2.05, 4.69) is 67.9 Å². The molecule has 0 aliphatic rings. The van der Waals surface area contributed by atoms with Crippen LogP contribution in [0.25, 0.3) is 21.8 Å². The second kappa shape index (κ2) is 3.56. The smallest absolute Gasteiger partial charge is 0.194 e. The second-order valence-electron chi connectivity index (χ2n) is 4.67. The number of rotatable bonds is 0. The van der Waals surface area contributed by atoms with Crippen molar-refractivity contribution in [3.05, 3.63) is 53.6 Å². The Balaban J connectivity index is 2.69. The van der Waals surface area contributed by atoms with E-state index in [1.54, 1.807) is 0 Å². The summed E-state index contributed by atoms with van der Waals surface area (Å²) < 4.78 is 2.28. The zero-order valence-corrected chi connectivity index (χ0v) is 10.5. The van der Waals surface area contributed by atoms with Crippen molar-refractivity contribution in [2.45, 2.75) is 13.8 Å². The van der Waals surface area contributed by atoms with Gasteiger partial charge >= 0.3 is 0 Å². The molecule has 1 heteroatoms. The van der Waals surface area contributed by atoms with Gasteiger partial charge in [-0.05, 0) is 31.0 Å². The van der Waals surface area contributed by atoms with Gasteiger partial charge in [-0.25, -0.2) is 0 Å². The number of hydrogen-bond acceptors (Lipinski definition) is 0. The van der Waals surface area contributed by atoms with Gasteiger partial charge in [0, 0.05) is 17.5 Å². The molecule has 0 amide bonds. The maximum Gasteiger partial charge on any atom is 0.213 e. The maximum atomic E-state index is 2.28. The fraction of sp³-hybridized carbons (Fsp3) is 0.188. The Morgan fingerprint density at radius 3 is 2.35 bits per heavy atom. The van der Waals surface area contributed by atoms with Crippen LogP contribution in [0.2, 0.25) is 0 Å². The molecule has 3 rings (SSSR count). The number of para-hydroxylation sites is 1. The molecule has 84 valence electrons. The average Bonchev–Trinajstić information content (AvgIpc) is 2.36. The first-order valence-electron chi connectivity index (χ1n) is 5.97. The summed E-state index contributed by atoms with van der Waals surface area (Å²) in [5.74, 6) is 0. The lowest BCUT2D eigenvalue weighted by atomic mass is 10.00. The Hall–Kier alpha value is -1.89. The molecule has 0 bridgehead atoms. The minimum absolute atomic E-state index is 1.29. The van der Waals surface area contributed by atoms with Gasteiger partial charge in [0.2, 0.25) is 11.0 Å². The Morgan fingerprint density at radius 2 is 1.53 bits per heavy atom. The Bertz CT molecular complexity index is 726. The Labute approximate surface area is 101 Å². The maximum absolute atomic E-state index is 2.28. The van der Waals surface area contributed by atoms with Crippen LogP contribution in [0.3, 0.4) is 0 Å². The lowest BCUT2D eigenvalue weighted by molar-refractivity contribution is -0.617. The normalized spacial score (nSPS) is 11.2. The van der Waals surface area contributed by atoms with E-state index in [1.165, 1.54) is 32.9 Å². The quantitative estimate of drug-likeness (QED) is 0.405. The predicted octanol–water partition coefficient (Wildman–Crippen LogP) is 3.43. The zero-order chi connectivity index (χ0) is 12.0. The monoisotopic (exact) mass is 222 g/mol. The van der Waals surface area contributed by atoms with E-state index in [0.717, 1.165) is 0 Å². The van der Waals surface area contributed by atoms with Crippen molar-refractivity contribution >= 4 is 21.8 Å². The van der Waals surface area contributed by atoms with Crippen LogP contribution in [0.5, 0.6) is 0 Å². The standard InChI is InChI=1S/C16H16N/c1-11-7-6-10-15-16(11)12(2)13-8-4-5-9-14(13)17(15)3/h4-10H,1-3H3/q+1. The molecule has 0 saturated heterocycles. The lowest BCUT2D eigenvalue weighted by Gasteiger charge is -2.08. The van der Waals surface area contributed by atoms with Crippen LogP contribution in [0.15, 0.2) is 42.5 Å². The Morgan fingerprint density at radius 1 is 0.824 bits per heavy atom. The number of aromatic nitrogens is 1. The molecule has 0 radical (unpaired) electrons. The largest absolute Gasteiger partial charge is 0.213 e. The second-order valence-corrected chi connectivity index (χ2v) is 4.67. The molecule has 1 heterocycles. The van der Waals surface area contributed by atoms with E-state index in [-0.39, 0.29) is 0 Å². The van der Waals surface area contributed by atoms with Crippen LogP contribution >= 0.6 is 0 Å². The number of fused-ring (bicyclic) bond motifs is 2. The number of nitrogens with zero attached hydrogens (tertiary/aromatic N) is 1. The molecule has 1 nitrogen and oxygen atoms in total. The topological polar surface area (TPSA) is 3.88 Å². The molecule has 0 aliphatic heterocycles. The van der Waals surface area contributed by atoms with E-state index in [1.807, 2.05) is 0 Å². The first kappa shape index (κ1) is 10.3. The molecule has 3 aromatic rings. The van der Waals surface area contributed by atoms with Crippen molar-refractivity contribution in [2.24, 2.45) is 7.05 Å². The molecule has 1 aromatic heterocycles. The molecule has 0 unspecified atom stereocenters. The number of benzene rings is 2. The van der Waals surface area contributed by atoms with Crippen LogP contribution in [0, 0.1) is 13.8 Å². The summed E-state index contributed by atoms with van der Waals surface area (Å²) in [4.78, 5) is 0. The van der Waals surface area contributed by atoms with E-state index in [9.17, 15) is 0 Å². The van der Waals surface area contributed by atoms with Crippen LogP contribution in [0.4, 0.5) is 0 Å². The van der Waals surface area contributed by atoms with Crippen molar-refractivity contribution in [3.8, 4) is 0 Å². The number of hydrogen-bond donors (Lipinski definition) is 0. The molecule has 0 N–H and O–H groups in total. The average molecular weight is 222 g/mol. The fourth-order valence-electron chi connectivity index (χ4n) is 2.77. The van der Waals surface area contributed by atoms with Gasteiger partial charge in [-0.15, -0.1) is 0 Å². The molecule has 17 heavy (non-hydrogen) atoms. The van der Waals surface area contributed by atoms with Crippen LogP contribution < -0.4 is 4.57 Å². The highest BCUT2D eigenvalue weighted by atomic mass is 14.9. The van der Waals surface area contributed by atoms with Crippen molar-refractivity contribution in [1.29, 1.82) is 0 Å². The fourth-order valence-corrected chi connectivity index (χ4v) is 2.77. The first-order chi connectivity index (χ1) is 8.20. The summed E-state index contributed by atoms with van der Waals surface area (Å²) >= 11 is 0. The molecule has 0 saturated carbocycles. The summed E-state index contributed by atoms with van der Waals surface area (Å²) in [7, 11) is 2.14. The Kier molecular flexibility index (Phi) is 2.15. The highest BCUT2D eigenvalue weighted by Crippen LogP contribution is 2.25. The summed E-state index contributed by atoms with van der Waals surface area (Å²) in [6.07, 6.45) is 0. The molecule has 0 fully saturated rings. The van der Waals surface area contributed by atoms with Crippen molar-refractivity contribution in [1.82, 2.24) is 0 Å². The van der Waals surface area contributed by atoms with E-state index >= 15 is 0 Å². The third kappa shape index (κ3) is 1.35. The van der Waals surface area contributed by atoms with Crippen molar-refractivity contribution in [3.63, 3.8) is 0 Å². The van der Waals surface area contributed by atoms with Gasteiger partial charge in [-0.3, -0.25) is 0 Å². The van der Waals surface area contributed by atoms with Gasteiger partial charge < -0.3 is 0 Å². The lowest BCUT2D eigenvalue weighted by Crippen LogP contribution is -2.30. The van der Waals surface area contributed by atoms with E-state index < -0.39 is 0 Å².